The van der Waals surface area contributed by atoms with Crippen LogP contribution in [-0.2, 0) is 4.79 Å². The number of amides is 1. The molecule has 2 aliphatic carbocycles. The van der Waals surface area contributed by atoms with Crippen LogP contribution in [0.1, 0.15) is 44.9 Å². The van der Waals surface area contributed by atoms with Crippen molar-refractivity contribution in [3.8, 4) is 0 Å². The van der Waals surface area contributed by atoms with Gasteiger partial charge >= 0.3 is 0 Å². The van der Waals surface area contributed by atoms with Crippen LogP contribution in [0.25, 0.3) is 0 Å². The van der Waals surface area contributed by atoms with Crippen molar-refractivity contribution in [2.24, 2.45) is 11.8 Å². The van der Waals surface area contributed by atoms with Gasteiger partial charge in [0.05, 0.1) is 6.10 Å². The second-order valence-electron chi connectivity index (χ2n) is 5.06. The quantitative estimate of drug-likeness (QED) is 0.739. The molecule has 0 aromatic rings. The Morgan fingerprint density at radius 2 is 1.93 bits per heavy atom. The lowest BCUT2D eigenvalue weighted by molar-refractivity contribution is -0.121. The molecule has 0 aliphatic heterocycles. The van der Waals surface area contributed by atoms with Gasteiger partial charge < -0.3 is 10.4 Å². The summed E-state index contributed by atoms with van der Waals surface area (Å²) in [5.41, 5.74) is 0. The number of hydrogen-bond acceptors (Lipinski definition) is 2. The third-order valence-electron chi connectivity index (χ3n) is 3.60. The molecule has 3 heteroatoms. The van der Waals surface area contributed by atoms with E-state index in [9.17, 15) is 9.90 Å². The van der Waals surface area contributed by atoms with E-state index in [-0.39, 0.29) is 12.0 Å². The number of carbonyl (C=O) groups is 1. The summed E-state index contributed by atoms with van der Waals surface area (Å²) in [4.78, 5) is 11.5. The maximum atomic E-state index is 11.5. The Labute approximate surface area is 91.2 Å². The molecule has 0 aromatic carbocycles. The van der Waals surface area contributed by atoms with Gasteiger partial charge in [-0.05, 0) is 31.6 Å². The predicted octanol–water partition coefficient (Wildman–Crippen LogP) is 1.45. The molecule has 0 heterocycles. The molecule has 2 fully saturated rings. The molecule has 2 unspecified atom stereocenters. The van der Waals surface area contributed by atoms with Crippen LogP contribution in [0.2, 0.25) is 0 Å². The lowest BCUT2D eigenvalue weighted by atomic mass is 9.86. The smallest absolute Gasteiger partial charge is 0.220 e. The topological polar surface area (TPSA) is 49.3 Å². The number of rotatable bonds is 4. The first kappa shape index (κ1) is 10.9. The molecular formula is C12H21NO2. The summed E-state index contributed by atoms with van der Waals surface area (Å²) in [5, 5.41) is 12.7. The van der Waals surface area contributed by atoms with Gasteiger partial charge in [0, 0.05) is 18.9 Å². The maximum Gasteiger partial charge on any atom is 0.220 e. The van der Waals surface area contributed by atoms with Gasteiger partial charge in [0.25, 0.3) is 0 Å². The Kier molecular flexibility index (Phi) is 3.62. The first-order chi connectivity index (χ1) is 7.25. The zero-order chi connectivity index (χ0) is 10.7. The van der Waals surface area contributed by atoms with Gasteiger partial charge in [-0.15, -0.1) is 0 Å². The average Bonchev–Trinajstić information content (AvgIpc) is 3.00. The van der Waals surface area contributed by atoms with Crippen LogP contribution in [0.15, 0.2) is 0 Å². The molecule has 0 radical (unpaired) electrons. The Morgan fingerprint density at radius 3 is 2.60 bits per heavy atom. The molecular weight excluding hydrogens is 190 g/mol. The van der Waals surface area contributed by atoms with E-state index in [4.69, 9.17) is 0 Å². The number of aliphatic hydroxyl groups excluding tert-OH is 1. The van der Waals surface area contributed by atoms with Crippen LogP contribution in [0.3, 0.4) is 0 Å². The highest BCUT2D eigenvalue weighted by Gasteiger charge is 2.26. The van der Waals surface area contributed by atoms with Crippen molar-refractivity contribution >= 4 is 5.91 Å². The molecule has 2 saturated carbocycles. The largest absolute Gasteiger partial charge is 0.393 e. The third-order valence-corrected chi connectivity index (χ3v) is 3.60. The molecule has 0 spiro atoms. The number of aliphatic hydroxyl groups is 1. The molecule has 0 aromatic heterocycles. The molecule has 0 bridgehead atoms. The second kappa shape index (κ2) is 4.97. The van der Waals surface area contributed by atoms with Crippen LogP contribution in [0.5, 0.6) is 0 Å². The molecule has 2 rings (SSSR count). The van der Waals surface area contributed by atoms with Crippen molar-refractivity contribution in [2.75, 3.05) is 6.54 Å². The Hall–Kier alpha value is -0.570. The van der Waals surface area contributed by atoms with E-state index in [1.807, 2.05) is 0 Å². The SMILES string of the molecule is O=C(CC1CC1)NCC1CCCCC1O. The summed E-state index contributed by atoms with van der Waals surface area (Å²) in [6, 6.07) is 0. The van der Waals surface area contributed by atoms with Crippen LogP contribution in [-0.4, -0.2) is 23.7 Å². The molecule has 2 atom stereocenters. The zero-order valence-electron chi connectivity index (χ0n) is 9.24. The minimum Gasteiger partial charge on any atom is -0.393 e. The highest BCUT2D eigenvalue weighted by atomic mass is 16.3. The van der Waals surface area contributed by atoms with Crippen LogP contribution < -0.4 is 5.32 Å². The third kappa shape index (κ3) is 3.49. The van der Waals surface area contributed by atoms with Gasteiger partial charge in [0.2, 0.25) is 5.91 Å². The van der Waals surface area contributed by atoms with Crippen LogP contribution in [0, 0.1) is 11.8 Å². The van der Waals surface area contributed by atoms with Crippen molar-refractivity contribution in [1.29, 1.82) is 0 Å². The maximum absolute atomic E-state index is 11.5. The predicted molar refractivity (Wildman–Crippen MR) is 58.3 cm³/mol. The van der Waals surface area contributed by atoms with Gasteiger partial charge in [0.15, 0.2) is 0 Å². The first-order valence-electron chi connectivity index (χ1n) is 6.20. The summed E-state index contributed by atoms with van der Waals surface area (Å²) in [7, 11) is 0. The van der Waals surface area contributed by atoms with Gasteiger partial charge in [-0.3, -0.25) is 4.79 Å². The van der Waals surface area contributed by atoms with Gasteiger partial charge in [-0.1, -0.05) is 12.8 Å². The lowest BCUT2D eigenvalue weighted by Gasteiger charge is -2.27. The minimum atomic E-state index is -0.194. The lowest BCUT2D eigenvalue weighted by Crippen LogP contribution is -2.36. The molecule has 2 N–H and O–H groups in total. The van der Waals surface area contributed by atoms with E-state index in [1.54, 1.807) is 0 Å². The van der Waals surface area contributed by atoms with Crippen molar-refractivity contribution in [2.45, 2.75) is 51.0 Å². The van der Waals surface area contributed by atoms with Gasteiger partial charge in [-0.25, -0.2) is 0 Å². The Morgan fingerprint density at radius 1 is 1.20 bits per heavy atom. The van der Waals surface area contributed by atoms with E-state index in [2.05, 4.69) is 5.32 Å². The molecule has 3 nitrogen and oxygen atoms in total. The number of nitrogens with one attached hydrogen (secondary N) is 1. The van der Waals surface area contributed by atoms with E-state index in [0.29, 0.717) is 24.8 Å². The van der Waals surface area contributed by atoms with E-state index < -0.39 is 0 Å². The van der Waals surface area contributed by atoms with E-state index in [0.717, 1.165) is 19.3 Å². The summed E-state index contributed by atoms with van der Waals surface area (Å²) < 4.78 is 0. The standard InChI is InChI=1S/C12H21NO2/c14-11-4-2-1-3-10(11)8-13-12(15)7-9-5-6-9/h9-11,14H,1-8H2,(H,13,15). The highest BCUT2D eigenvalue weighted by Crippen LogP contribution is 2.32. The normalized spacial score (nSPS) is 31.3. The van der Waals surface area contributed by atoms with E-state index >= 15 is 0 Å². The minimum absolute atomic E-state index is 0.176. The molecule has 1 amide bonds. The fraction of sp³-hybridized carbons (Fsp3) is 0.917. The van der Waals surface area contributed by atoms with Crippen molar-refractivity contribution < 1.29 is 9.90 Å². The number of hydrogen-bond donors (Lipinski definition) is 2. The van der Waals surface area contributed by atoms with Gasteiger partial charge in [0.1, 0.15) is 0 Å². The van der Waals surface area contributed by atoms with Crippen molar-refractivity contribution in [3.05, 3.63) is 0 Å². The summed E-state index contributed by atoms with van der Waals surface area (Å²) in [6.07, 6.45) is 7.24. The zero-order valence-corrected chi connectivity index (χ0v) is 9.24. The van der Waals surface area contributed by atoms with E-state index in [1.165, 1.54) is 19.3 Å². The highest BCUT2D eigenvalue weighted by molar-refractivity contribution is 5.76. The Balaban J connectivity index is 1.64. The monoisotopic (exact) mass is 211 g/mol. The summed E-state index contributed by atoms with van der Waals surface area (Å²) in [6.45, 7) is 0.673. The first-order valence-corrected chi connectivity index (χ1v) is 6.20. The fourth-order valence-electron chi connectivity index (χ4n) is 2.33. The number of carbonyl (C=O) groups excluding carboxylic acids is 1. The fourth-order valence-corrected chi connectivity index (χ4v) is 2.33. The second-order valence-corrected chi connectivity index (χ2v) is 5.06. The molecule has 15 heavy (non-hydrogen) atoms. The molecule has 2 aliphatic rings. The molecule has 0 saturated heterocycles. The van der Waals surface area contributed by atoms with Crippen molar-refractivity contribution in [1.82, 2.24) is 5.32 Å². The van der Waals surface area contributed by atoms with Crippen LogP contribution in [0.4, 0.5) is 0 Å². The molecule has 86 valence electrons. The van der Waals surface area contributed by atoms with Gasteiger partial charge in [-0.2, -0.15) is 0 Å². The Bertz CT molecular complexity index is 226. The average molecular weight is 211 g/mol. The van der Waals surface area contributed by atoms with Crippen molar-refractivity contribution in [3.63, 3.8) is 0 Å². The summed E-state index contributed by atoms with van der Waals surface area (Å²) in [5.74, 6) is 1.12. The summed E-state index contributed by atoms with van der Waals surface area (Å²) >= 11 is 0. The van der Waals surface area contributed by atoms with Crippen LogP contribution >= 0.6 is 0 Å².